The standard InChI is InChI=1S/C18H17FN4O2/c1-11(24)18(25)21-16-9-13(7-8-20-16)15-10-23(2)22-17(15)12-3-5-14(19)6-4-12/h3-11,24H,1-2H3,(H,20,21,25)/t11-/m0/s1. The van der Waals surface area contributed by atoms with Gasteiger partial charge < -0.3 is 10.4 Å². The second-order valence-corrected chi connectivity index (χ2v) is 5.67. The van der Waals surface area contributed by atoms with E-state index < -0.39 is 12.0 Å². The Morgan fingerprint density at radius 1 is 1.24 bits per heavy atom. The summed E-state index contributed by atoms with van der Waals surface area (Å²) >= 11 is 0. The zero-order chi connectivity index (χ0) is 18.0. The number of aromatic nitrogens is 3. The van der Waals surface area contributed by atoms with Crippen LogP contribution in [0, 0.1) is 5.82 Å². The van der Waals surface area contributed by atoms with Crippen LogP contribution < -0.4 is 5.32 Å². The van der Waals surface area contributed by atoms with Crippen LogP contribution in [0.1, 0.15) is 6.92 Å². The summed E-state index contributed by atoms with van der Waals surface area (Å²) in [6, 6.07) is 9.59. The smallest absolute Gasteiger partial charge is 0.254 e. The Morgan fingerprint density at radius 2 is 1.96 bits per heavy atom. The number of rotatable bonds is 4. The Morgan fingerprint density at radius 3 is 2.64 bits per heavy atom. The third kappa shape index (κ3) is 3.72. The molecule has 128 valence electrons. The van der Waals surface area contributed by atoms with E-state index in [1.807, 2.05) is 6.20 Å². The van der Waals surface area contributed by atoms with Crippen LogP contribution in [0.2, 0.25) is 0 Å². The van der Waals surface area contributed by atoms with Crippen molar-refractivity contribution in [1.29, 1.82) is 0 Å². The minimum absolute atomic E-state index is 0.312. The number of anilines is 1. The van der Waals surface area contributed by atoms with Crippen LogP contribution in [-0.4, -0.2) is 31.9 Å². The molecule has 0 fully saturated rings. The number of hydrogen-bond acceptors (Lipinski definition) is 4. The molecule has 0 saturated carbocycles. The molecule has 0 aliphatic heterocycles. The van der Waals surface area contributed by atoms with Crippen LogP contribution in [-0.2, 0) is 11.8 Å². The average Bonchev–Trinajstić information content (AvgIpc) is 2.97. The molecule has 6 nitrogen and oxygen atoms in total. The molecule has 7 heteroatoms. The normalized spacial score (nSPS) is 12.0. The van der Waals surface area contributed by atoms with E-state index >= 15 is 0 Å². The first-order valence-corrected chi connectivity index (χ1v) is 7.69. The third-order valence-corrected chi connectivity index (χ3v) is 3.65. The van der Waals surface area contributed by atoms with Crippen molar-refractivity contribution < 1.29 is 14.3 Å². The van der Waals surface area contributed by atoms with Gasteiger partial charge in [0, 0.05) is 30.6 Å². The van der Waals surface area contributed by atoms with Gasteiger partial charge in [-0.05, 0) is 48.9 Å². The number of benzene rings is 1. The second kappa shape index (κ2) is 6.82. The topological polar surface area (TPSA) is 80.0 Å². The molecular weight excluding hydrogens is 323 g/mol. The molecule has 0 spiro atoms. The van der Waals surface area contributed by atoms with E-state index in [1.165, 1.54) is 19.1 Å². The number of nitrogens with zero attached hydrogens (tertiary/aromatic N) is 3. The Bertz CT molecular complexity index is 904. The SMILES string of the molecule is C[C@H](O)C(=O)Nc1cc(-c2cn(C)nc2-c2ccc(F)cc2)ccn1. The lowest BCUT2D eigenvalue weighted by atomic mass is 10.0. The van der Waals surface area contributed by atoms with E-state index in [9.17, 15) is 14.3 Å². The van der Waals surface area contributed by atoms with Crippen LogP contribution in [0.25, 0.3) is 22.4 Å². The number of aliphatic hydroxyl groups is 1. The van der Waals surface area contributed by atoms with Gasteiger partial charge >= 0.3 is 0 Å². The number of aryl methyl sites for hydroxylation is 1. The average molecular weight is 340 g/mol. The molecular formula is C18H17FN4O2. The molecule has 2 N–H and O–H groups in total. The van der Waals surface area contributed by atoms with Gasteiger partial charge in [-0.2, -0.15) is 5.10 Å². The number of carbonyl (C=O) groups is 1. The molecule has 0 bridgehead atoms. The van der Waals surface area contributed by atoms with Gasteiger partial charge in [-0.15, -0.1) is 0 Å². The molecule has 2 heterocycles. The van der Waals surface area contributed by atoms with Crippen LogP contribution in [0.4, 0.5) is 10.2 Å². The maximum Gasteiger partial charge on any atom is 0.254 e. The van der Waals surface area contributed by atoms with Crippen molar-refractivity contribution in [3.05, 3.63) is 54.6 Å². The number of nitrogens with one attached hydrogen (secondary N) is 1. The van der Waals surface area contributed by atoms with Crippen molar-refractivity contribution in [3.8, 4) is 22.4 Å². The summed E-state index contributed by atoms with van der Waals surface area (Å²) in [6.07, 6.45) is 2.28. The molecule has 3 rings (SSSR count). The highest BCUT2D eigenvalue weighted by molar-refractivity contribution is 5.93. The molecule has 2 aromatic heterocycles. The largest absolute Gasteiger partial charge is 0.384 e. The lowest BCUT2D eigenvalue weighted by molar-refractivity contribution is -0.123. The van der Waals surface area contributed by atoms with Gasteiger partial charge in [0.1, 0.15) is 23.4 Å². The highest BCUT2D eigenvalue weighted by Crippen LogP contribution is 2.31. The van der Waals surface area contributed by atoms with Gasteiger partial charge in [-0.1, -0.05) is 0 Å². The number of aliphatic hydroxyl groups excluding tert-OH is 1. The van der Waals surface area contributed by atoms with Crippen LogP contribution >= 0.6 is 0 Å². The molecule has 0 aliphatic rings. The van der Waals surface area contributed by atoms with Gasteiger partial charge in [0.15, 0.2) is 0 Å². The van der Waals surface area contributed by atoms with E-state index in [-0.39, 0.29) is 5.82 Å². The summed E-state index contributed by atoms with van der Waals surface area (Å²) in [5, 5.41) is 16.3. The zero-order valence-electron chi connectivity index (χ0n) is 13.8. The first kappa shape index (κ1) is 16.8. The summed E-state index contributed by atoms with van der Waals surface area (Å²) in [5.41, 5.74) is 3.09. The Hall–Kier alpha value is -3.06. The number of halogens is 1. The van der Waals surface area contributed by atoms with E-state index in [4.69, 9.17) is 0 Å². The quantitative estimate of drug-likeness (QED) is 0.765. The highest BCUT2D eigenvalue weighted by Gasteiger charge is 2.14. The van der Waals surface area contributed by atoms with Gasteiger partial charge in [-0.3, -0.25) is 9.48 Å². The van der Waals surface area contributed by atoms with Crippen molar-refractivity contribution in [2.24, 2.45) is 7.05 Å². The Kier molecular flexibility index (Phi) is 4.58. The molecule has 3 aromatic rings. The summed E-state index contributed by atoms with van der Waals surface area (Å²) in [7, 11) is 1.80. The summed E-state index contributed by atoms with van der Waals surface area (Å²) in [5.74, 6) is -0.514. The molecule has 1 aromatic carbocycles. The highest BCUT2D eigenvalue weighted by atomic mass is 19.1. The Balaban J connectivity index is 2.00. The lowest BCUT2D eigenvalue weighted by Crippen LogP contribution is -2.24. The van der Waals surface area contributed by atoms with Gasteiger partial charge in [0.2, 0.25) is 0 Å². The number of carbonyl (C=O) groups excluding carboxylic acids is 1. The predicted molar refractivity (Wildman–Crippen MR) is 92.1 cm³/mol. The van der Waals surface area contributed by atoms with E-state index in [0.29, 0.717) is 11.5 Å². The fraction of sp³-hybridized carbons (Fsp3) is 0.167. The molecule has 0 saturated heterocycles. The molecule has 1 amide bonds. The monoisotopic (exact) mass is 340 g/mol. The number of amides is 1. The van der Waals surface area contributed by atoms with E-state index in [0.717, 1.165) is 16.7 Å². The zero-order valence-corrected chi connectivity index (χ0v) is 13.8. The molecule has 0 unspecified atom stereocenters. The predicted octanol–water partition coefficient (Wildman–Crippen LogP) is 2.61. The lowest BCUT2D eigenvalue weighted by Gasteiger charge is -2.08. The van der Waals surface area contributed by atoms with Crippen molar-refractivity contribution in [1.82, 2.24) is 14.8 Å². The van der Waals surface area contributed by atoms with Crippen molar-refractivity contribution in [3.63, 3.8) is 0 Å². The first-order valence-electron chi connectivity index (χ1n) is 7.69. The van der Waals surface area contributed by atoms with Crippen molar-refractivity contribution in [2.75, 3.05) is 5.32 Å². The third-order valence-electron chi connectivity index (χ3n) is 3.65. The summed E-state index contributed by atoms with van der Waals surface area (Å²) in [4.78, 5) is 15.7. The van der Waals surface area contributed by atoms with Gasteiger partial charge in [0.25, 0.3) is 5.91 Å². The van der Waals surface area contributed by atoms with Crippen molar-refractivity contribution in [2.45, 2.75) is 13.0 Å². The minimum atomic E-state index is -1.13. The fourth-order valence-corrected chi connectivity index (χ4v) is 2.42. The maximum atomic E-state index is 13.2. The van der Waals surface area contributed by atoms with Crippen LogP contribution in [0.5, 0.6) is 0 Å². The van der Waals surface area contributed by atoms with Crippen LogP contribution in [0.15, 0.2) is 48.8 Å². The van der Waals surface area contributed by atoms with Crippen LogP contribution in [0.3, 0.4) is 0 Å². The van der Waals surface area contributed by atoms with Gasteiger partial charge in [-0.25, -0.2) is 9.37 Å². The van der Waals surface area contributed by atoms with E-state index in [1.54, 1.807) is 42.2 Å². The van der Waals surface area contributed by atoms with E-state index in [2.05, 4.69) is 15.4 Å². The molecule has 0 aliphatic carbocycles. The summed E-state index contributed by atoms with van der Waals surface area (Å²) in [6.45, 7) is 1.38. The second-order valence-electron chi connectivity index (χ2n) is 5.67. The summed E-state index contributed by atoms with van der Waals surface area (Å²) < 4.78 is 14.8. The Labute approximate surface area is 144 Å². The van der Waals surface area contributed by atoms with Crippen molar-refractivity contribution >= 4 is 11.7 Å². The van der Waals surface area contributed by atoms with Gasteiger partial charge in [0.05, 0.1) is 0 Å². The molecule has 1 atom stereocenters. The maximum absolute atomic E-state index is 13.2. The minimum Gasteiger partial charge on any atom is -0.384 e. The fourth-order valence-electron chi connectivity index (χ4n) is 2.42. The number of pyridine rings is 1. The number of hydrogen-bond donors (Lipinski definition) is 2. The molecule has 0 radical (unpaired) electrons. The molecule has 25 heavy (non-hydrogen) atoms. The first-order chi connectivity index (χ1) is 11.9.